The average molecular weight is 413 g/mol. The molecular formula is C26H40N2O2. The van der Waals surface area contributed by atoms with E-state index in [1.165, 1.54) is 18.4 Å². The number of carbonyl (C=O) groups is 1. The first-order valence-electron chi connectivity index (χ1n) is 11.7. The Kier molecular flexibility index (Phi) is 5.34. The van der Waals surface area contributed by atoms with E-state index in [4.69, 9.17) is 4.74 Å². The Morgan fingerprint density at radius 3 is 2.53 bits per heavy atom. The van der Waals surface area contributed by atoms with Gasteiger partial charge in [-0.1, -0.05) is 13.8 Å². The Bertz CT molecular complexity index is 821. The van der Waals surface area contributed by atoms with Crippen molar-refractivity contribution in [1.29, 1.82) is 0 Å². The van der Waals surface area contributed by atoms with Crippen LogP contribution in [0.5, 0.6) is 0 Å². The van der Waals surface area contributed by atoms with Gasteiger partial charge in [0.05, 0.1) is 23.8 Å². The number of carbonyl (C=O) groups excluding carboxylic acids is 1. The summed E-state index contributed by atoms with van der Waals surface area (Å²) < 4.78 is 6.02. The van der Waals surface area contributed by atoms with Crippen molar-refractivity contribution in [3.63, 3.8) is 0 Å². The topological polar surface area (TPSA) is 41.6 Å². The second-order valence-electron chi connectivity index (χ2n) is 11.9. The van der Waals surface area contributed by atoms with E-state index < -0.39 is 0 Å². The zero-order valence-corrected chi connectivity index (χ0v) is 20.0. The Morgan fingerprint density at radius 1 is 1.20 bits per heavy atom. The fraction of sp³-hybridized carbons (Fsp3) is 0.731. The van der Waals surface area contributed by atoms with Crippen LogP contribution in [-0.4, -0.2) is 47.6 Å². The van der Waals surface area contributed by atoms with Gasteiger partial charge in [0, 0.05) is 17.8 Å². The molecule has 3 atom stereocenters. The van der Waals surface area contributed by atoms with E-state index in [1.807, 2.05) is 0 Å². The van der Waals surface area contributed by atoms with Gasteiger partial charge in [-0.25, -0.2) is 0 Å². The number of ketones is 1. The molecule has 4 heteroatoms. The lowest BCUT2D eigenvalue weighted by Gasteiger charge is -2.53. The number of anilines is 1. The molecule has 1 aromatic rings. The number of rotatable bonds is 6. The molecule has 2 bridgehead atoms. The quantitative estimate of drug-likeness (QED) is 0.691. The van der Waals surface area contributed by atoms with E-state index in [0.29, 0.717) is 18.3 Å². The van der Waals surface area contributed by atoms with Crippen LogP contribution in [0.2, 0.25) is 0 Å². The van der Waals surface area contributed by atoms with Crippen molar-refractivity contribution in [2.45, 2.75) is 90.3 Å². The lowest BCUT2D eigenvalue weighted by molar-refractivity contribution is -0.0196. The molecule has 4 nitrogen and oxygen atoms in total. The van der Waals surface area contributed by atoms with Crippen LogP contribution in [0.25, 0.3) is 0 Å². The first kappa shape index (κ1) is 21.8. The third-order valence-electron chi connectivity index (χ3n) is 7.50. The molecule has 2 aliphatic carbocycles. The van der Waals surface area contributed by atoms with Crippen molar-refractivity contribution in [3.8, 4) is 0 Å². The zero-order chi connectivity index (χ0) is 21.9. The molecule has 1 saturated heterocycles. The van der Waals surface area contributed by atoms with E-state index in [0.717, 1.165) is 36.7 Å². The summed E-state index contributed by atoms with van der Waals surface area (Å²) in [5, 5.41) is 3.66. The van der Waals surface area contributed by atoms with Gasteiger partial charge in [-0.2, -0.15) is 0 Å². The number of Topliss-reactive ketones (excluding diaryl/α,β-unsaturated/α-hetero) is 1. The van der Waals surface area contributed by atoms with Crippen LogP contribution in [0.15, 0.2) is 18.2 Å². The minimum atomic E-state index is -0.192. The molecule has 1 N–H and O–H groups in total. The Balaban J connectivity index is 1.59. The van der Waals surface area contributed by atoms with Crippen LogP contribution < -0.4 is 5.32 Å². The molecule has 3 aliphatic rings. The second-order valence-corrected chi connectivity index (χ2v) is 11.9. The first-order valence-corrected chi connectivity index (χ1v) is 11.7. The first-order chi connectivity index (χ1) is 13.9. The minimum Gasteiger partial charge on any atom is -0.378 e. The van der Waals surface area contributed by atoms with Crippen LogP contribution in [0.3, 0.4) is 0 Å². The number of hydrogen-bond acceptors (Lipinski definition) is 4. The molecule has 1 heterocycles. The highest BCUT2D eigenvalue weighted by Crippen LogP contribution is 2.50. The summed E-state index contributed by atoms with van der Waals surface area (Å²) in [6.45, 7) is 18.0. The highest BCUT2D eigenvalue weighted by atomic mass is 16.5. The van der Waals surface area contributed by atoms with E-state index in [2.05, 4.69) is 76.9 Å². The molecule has 1 aliphatic heterocycles. The maximum Gasteiger partial charge on any atom is 0.180 e. The van der Waals surface area contributed by atoms with Crippen LogP contribution >= 0.6 is 0 Å². The maximum atomic E-state index is 13.5. The number of piperidine rings is 1. The molecule has 2 fully saturated rings. The number of likely N-dealkylation sites (tertiary alicyclic amines) is 1. The van der Waals surface area contributed by atoms with Crippen LogP contribution in [0.4, 0.5) is 5.69 Å². The van der Waals surface area contributed by atoms with Gasteiger partial charge in [-0.3, -0.25) is 9.69 Å². The summed E-state index contributed by atoms with van der Waals surface area (Å²) in [5.74, 6) is 1.49. The largest absolute Gasteiger partial charge is 0.378 e. The van der Waals surface area contributed by atoms with Crippen LogP contribution in [-0.2, 0) is 10.2 Å². The Morgan fingerprint density at radius 2 is 1.90 bits per heavy atom. The van der Waals surface area contributed by atoms with Gasteiger partial charge in [0.25, 0.3) is 0 Å². The van der Waals surface area contributed by atoms with E-state index in [9.17, 15) is 4.79 Å². The summed E-state index contributed by atoms with van der Waals surface area (Å²) in [6, 6.07) is 6.44. The van der Waals surface area contributed by atoms with Gasteiger partial charge < -0.3 is 10.1 Å². The molecule has 166 valence electrons. The van der Waals surface area contributed by atoms with Gasteiger partial charge in [0.2, 0.25) is 0 Å². The monoisotopic (exact) mass is 412 g/mol. The van der Waals surface area contributed by atoms with Crippen molar-refractivity contribution < 1.29 is 9.53 Å². The summed E-state index contributed by atoms with van der Waals surface area (Å²) >= 11 is 0. The Labute approximate surface area is 182 Å². The number of nitrogens with one attached hydrogen (secondary N) is 1. The average Bonchev–Trinajstić information content (AvgIpc) is 3.45. The predicted octanol–water partition coefficient (Wildman–Crippen LogP) is 5.27. The molecule has 0 spiro atoms. The smallest absolute Gasteiger partial charge is 0.180 e. The Hall–Kier alpha value is -1.39. The minimum absolute atomic E-state index is 0.0484. The molecular weight excluding hydrogens is 372 g/mol. The van der Waals surface area contributed by atoms with Gasteiger partial charge in [0.1, 0.15) is 0 Å². The number of nitrogens with zero attached hydrogens (tertiary/aromatic N) is 1. The molecule has 0 radical (unpaired) electrons. The highest BCUT2D eigenvalue weighted by Gasteiger charge is 2.52. The van der Waals surface area contributed by atoms with Gasteiger partial charge in [-0.05, 0) is 101 Å². The number of hydrogen-bond donors (Lipinski definition) is 1. The van der Waals surface area contributed by atoms with Gasteiger partial charge in [-0.15, -0.1) is 0 Å². The van der Waals surface area contributed by atoms with Crippen molar-refractivity contribution in [2.24, 2.45) is 11.8 Å². The summed E-state index contributed by atoms with van der Waals surface area (Å²) in [7, 11) is 0. The third kappa shape index (κ3) is 4.18. The predicted molar refractivity (Wildman–Crippen MR) is 123 cm³/mol. The van der Waals surface area contributed by atoms with Gasteiger partial charge in [0.15, 0.2) is 5.78 Å². The van der Waals surface area contributed by atoms with Crippen molar-refractivity contribution >= 4 is 11.5 Å². The van der Waals surface area contributed by atoms with Crippen LogP contribution in [0, 0.1) is 11.8 Å². The SMILES string of the molecule is C[C@H]1[C@H]2C(=O)c3ccc(NC(C)(C)COC(C)(C)C)cc3[C@@]1(C)CCN2CC1CC1. The second kappa shape index (κ2) is 7.34. The fourth-order valence-electron chi connectivity index (χ4n) is 5.31. The van der Waals surface area contributed by atoms with E-state index >= 15 is 0 Å². The summed E-state index contributed by atoms with van der Waals surface area (Å²) in [4.78, 5) is 16.0. The van der Waals surface area contributed by atoms with Crippen molar-refractivity contribution in [1.82, 2.24) is 4.90 Å². The third-order valence-corrected chi connectivity index (χ3v) is 7.50. The van der Waals surface area contributed by atoms with Crippen molar-refractivity contribution in [3.05, 3.63) is 29.3 Å². The molecule has 0 unspecified atom stereocenters. The molecule has 0 aromatic heterocycles. The highest BCUT2D eigenvalue weighted by molar-refractivity contribution is 6.04. The lowest BCUT2D eigenvalue weighted by Crippen LogP contribution is -2.61. The normalized spacial score (nSPS) is 29.6. The molecule has 4 rings (SSSR count). The van der Waals surface area contributed by atoms with Gasteiger partial charge >= 0.3 is 0 Å². The van der Waals surface area contributed by atoms with E-state index in [1.54, 1.807) is 0 Å². The summed E-state index contributed by atoms with van der Waals surface area (Å²) in [6.07, 6.45) is 3.80. The fourth-order valence-corrected chi connectivity index (χ4v) is 5.31. The number of fused-ring (bicyclic) bond motifs is 4. The summed E-state index contributed by atoms with van der Waals surface area (Å²) in [5.41, 5.74) is 2.96. The maximum absolute atomic E-state index is 13.5. The molecule has 1 saturated carbocycles. The standard InChI is InChI=1S/C26H40N2O2/c1-17-22-23(29)20-11-10-19(27-25(5,6)16-30-24(2,3)4)14-21(20)26(17,7)12-13-28(22)15-18-8-9-18/h10-11,14,17-18,22,27H,8-9,12-13,15-16H2,1-7H3/t17-,22-,26-/m0/s1. The number of benzene rings is 1. The van der Waals surface area contributed by atoms with Crippen LogP contribution in [0.1, 0.15) is 83.7 Å². The van der Waals surface area contributed by atoms with E-state index in [-0.39, 0.29) is 22.6 Å². The number of ether oxygens (including phenoxy) is 1. The molecule has 0 amide bonds. The lowest BCUT2D eigenvalue weighted by atomic mass is 9.58. The molecule has 30 heavy (non-hydrogen) atoms. The van der Waals surface area contributed by atoms with Crippen molar-refractivity contribution in [2.75, 3.05) is 25.0 Å². The zero-order valence-electron chi connectivity index (χ0n) is 20.0. The molecule has 1 aromatic carbocycles.